The number of ether oxygens (including phenoxy) is 1. The zero-order chi connectivity index (χ0) is 26.8. The van der Waals surface area contributed by atoms with Crippen molar-refractivity contribution in [2.75, 3.05) is 13.1 Å². The third kappa shape index (κ3) is 10.2. The van der Waals surface area contributed by atoms with Gasteiger partial charge < -0.3 is 25.4 Å². The minimum absolute atomic E-state index is 0.120. The number of nitrogens with zero attached hydrogens (tertiary/aromatic N) is 1. The van der Waals surface area contributed by atoms with Gasteiger partial charge in [0.2, 0.25) is 11.8 Å². The topological polar surface area (TPSA) is 108 Å². The van der Waals surface area contributed by atoms with E-state index in [2.05, 4.69) is 10.6 Å². The SMILES string of the molecule is CCCCNC(=O)C(c1ccc(O)c(C)c1)N(CCC)C(=O)C(CC(C)C)NC(=O)OC(C)(C)C. The average Bonchev–Trinajstić information content (AvgIpc) is 2.73. The highest BCUT2D eigenvalue weighted by atomic mass is 16.6. The van der Waals surface area contributed by atoms with Crippen LogP contribution in [0.2, 0.25) is 0 Å². The smallest absolute Gasteiger partial charge is 0.408 e. The lowest BCUT2D eigenvalue weighted by Crippen LogP contribution is -2.53. The fourth-order valence-corrected chi connectivity index (χ4v) is 3.76. The summed E-state index contributed by atoms with van der Waals surface area (Å²) in [5, 5.41) is 15.7. The van der Waals surface area contributed by atoms with Crippen LogP contribution in [0.5, 0.6) is 5.75 Å². The molecule has 0 aliphatic heterocycles. The number of alkyl carbamates (subject to hydrolysis) is 1. The molecular weight excluding hydrogens is 446 g/mol. The third-order valence-corrected chi connectivity index (χ3v) is 5.37. The second-order valence-corrected chi connectivity index (χ2v) is 10.5. The molecule has 2 unspecified atom stereocenters. The number of aromatic hydroxyl groups is 1. The summed E-state index contributed by atoms with van der Waals surface area (Å²) < 4.78 is 5.40. The highest BCUT2D eigenvalue weighted by molar-refractivity contribution is 5.92. The maximum atomic E-state index is 13.9. The van der Waals surface area contributed by atoms with Crippen LogP contribution in [-0.2, 0) is 14.3 Å². The summed E-state index contributed by atoms with van der Waals surface area (Å²) in [5.74, 6) is -0.384. The fourth-order valence-electron chi connectivity index (χ4n) is 3.76. The summed E-state index contributed by atoms with van der Waals surface area (Å²) in [4.78, 5) is 41.4. The lowest BCUT2D eigenvalue weighted by molar-refractivity contribution is -0.142. The Bertz CT molecular complexity index is 848. The Morgan fingerprint density at radius 3 is 2.29 bits per heavy atom. The van der Waals surface area contributed by atoms with Gasteiger partial charge in [0.05, 0.1) is 0 Å². The molecule has 2 atom stereocenters. The van der Waals surface area contributed by atoms with Crippen LogP contribution in [0.3, 0.4) is 0 Å². The second kappa shape index (κ2) is 14.0. The molecule has 0 aliphatic rings. The first kappa shape index (κ1) is 30.3. The van der Waals surface area contributed by atoms with Crippen LogP contribution in [-0.4, -0.2) is 52.6 Å². The van der Waals surface area contributed by atoms with E-state index in [0.717, 1.165) is 12.8 Å². The number of unbranched alkanes of at least 4 members (excludes halogenated alkanes) is 1. The molecule has 0 heterocycles. The van der Waals surface area contributed by atoms with Crippen molar-refractivity contribution in [2.24, 2.45) is 5.92 Å². The Morgan fingerprint density at radius 2 is 1.77 bits per heavy atom. The average molecular weight is 492 g/mol. The van der Waals surface area contributed by atoms with E-state index in [1.807, 2.05) is 27.7 Å². The molecule has 35 heavy (non-hydrogen) atoms. The van der Waals surface area contributed by atoms with Gasteiger partial charge in [0, 0.05) is 13.1 Å². The number of nitrogens with one attached hydrogen (secondary N) is 2. The van der Waals surface area contributed by atoms with Gasteiger partial charge >= 0.3 is 6.09 Å². The quantitative estimate of drug-likeness (QED) is 0.363. The number of phenolic OH excluding ortho intramolecular Hbond substituents is 1. The van der Waals surface area contributed by atoms with Crippen LogP contribution in [0.4, 0.5) is 4.79 Å². The van der Waals surface area contributed by atoms with E-state index < -0.39 is 23.8 Å². The summed E-state index contributed by atoms with van der Waals surface area (Å²) in [7, 11) is 0. The van der Waals surface area contributed by atoms with Crippen molar-refractivity contribution in [2.45, 2.75) is 98.8 Å². The van der Waals surface area contributed by atoms with Crippen LogP contribution in [0, 0.1) is 12.8 Å². The molecule has 8 nitrogen and oxygen atoms in total. The highest BCUT2D eigenvalue weighted by Gasteiger charge is 2.36. The molecule has 1 aromatic rings. The summed E-state index contributed by atoms with van der Waals surface area (Å²) >= 11 is 0. The van der Waals surface area contributed by atoms with Gasteiger partial charge in [-0.3, -0.25) is 9.59 Å². The first-order chi connectivity index (χ1) is 16.3. The van der Waals surface area contributed by atoms with Gasteiger partial charge in [-0.05, 0) is 76.1 Å². The number of carbonyl (C=O) groups is 3. The Morgan fingerprint density at radius 1 is 1.11 bits per heavy atom. The Kier molecular flexibility index (Phi) is 12.1. The van der Waals surface area contributed by atoms with Crippen LogP contribution in [0.1, 0.15) is 91.3 Å². The number of amides is 3. The molecule has 8 heteroatoms. The van der Waals surface area contributed by atoms with E-state index in [1.54, 1.807) is 39.8 Å². The lowest BCUT2D eigenvalue weighted by atomic mass is 9.98. The van der Waals surface area contributed by atoms with E-state index >= 15 is 0 Å². The van der Waals surface area contributed by atoms with E-state index in [9.17, 15) is 19.5 Å². The first-order valence-corrected chi connectivity index (χ1v) is 12.7. The molecule has 0 bridgehead atoms. The number of hydrogen-bond donors (Lipinski definition) is 3. The molecule has 0 spiro atoms. The number of benzene rings is 1. The minimum Gasteiger partial charge on any atom is -0.508 e. The highest BCUT2D eigenvalue weighted by Crippen LogP contribution is 2.28. The predicted molar refractivity (Wildman–Crippen MR) is 138 cm³/mol. The maximum absolute atomic E-state index is 13.9. The molecule has 198 valence electrons. The van der Waals surface area contributed by atoms with Crippen LogP contribution in [0.25, 0.3) is 0 Å². The third-order valence-electron chi connectivity index (χ3n) is 5.37. The van der Waals surface area contributed by atoms with Gasteiger partial charge in [-0.1, -0.05) is 40.2 Å². The molecule has 0 radical (unpaired) electrons. The van der Waals surface area contributed by atoms with Crippen molar-refractivity contribution < 1.29 is 24.2 Å². The molecule has 0 aromatic heterocycles. The molecule has 3 amide bonds. The van der Waals surface area contributed by atoms with Crippen molar-refractivity contribution in [3.8, 4) is 5.75 Å². The Hall–Kier alpha value is -2.77. The summed E-state index contributed by atoms with van der Waals surface area (Å²) in [5.41, 5.74) is 0.518. The van der Waals surface area contributed by atoms with E-state index in [0.29, 0.717) is 37.1 Å². The molecule has 1 rings (SSSR count). The van der Waals surface area contributed by atoms with Gasteiger partial charge in [0.25, 0.3) is 0 Å². The monoisotopic (exact) mass is 491 g/mol. The Labute approximate surface area is 210 Å². The number of phenols is 1. The summed E-state index contributed by atoms with van der Waals surface area (Å²) in [6.45, 7) is 15.8. The Balaban J connectivity index is 3.42. The normalized spacial score (nSPS) is 13.2. The number of rotatable bonds is 12. The van der Waals surface area contributed by atoms with Gasteiger partial charge in [-0.15, -0.1) is 0 Å². The fraction of sp³-hybridized carbons (Fsp3) is 0.667. The minimum atomic E-state index is -0.895. The zero-order valence-corrected chi connectivity index (χ0v) is 22.7. The van der Waals surface area contributed by atoms with Crippen molar-refractivity contribution in [3.63, 3.8) is 0 Å². The van der Waals surface area contributed by atoms with Crippen LogP contribution in [0.15, 0.2) is 18.2 Å². The van der Waals surface area contributed by atoms with E-state index in [-0.39, 0.29) is 23.5 Å². The first-order valence-electron chi connectivity index (χ1n) is 12.7. The summed E-state index contributed by atoms with van der Waals surface area (Å²) in [6.07, 6.45) is 2.11. The molecular formula is C27H45N3O5. The lowest BCUT2D eigenvalue weighted by Gasteiger charge is -2.35. The number of aryl methyl sites for hydroxylation is 1. The van der Waals surface area contributed by atoms with Gasteiger partial charge in [-0.25, -0.2) is 4.79 Å². The van der Waals surface area contributed by atoms with Crippen molar-refractivity contribution in [3.05, 3.63) is 29.3 Å². The predicted octanol–water partition coefficient (Wildman–Crippen LogP) is 4.84. The van der Waals surface area contributed by atoms with Gasteiger partial charge in [-0.2, -0.15) is 0 Å². The van der Waals surface area contributed by atoms with Gasteiger partial charge in [0.1, 0.15) is 23.4 Å². The van der Waals surface area contributed by atoms with Crippen molar-refractivity contribution in [1.29, 1.82) is 0 Å². The molecule has 0 aliphatic carbocycles. The molecule has 3 N–H and O–H groups in total. The molecule has 1 aromatic carbocycles. The van der Waals surface area contributed by atoms with Crippen LogP contribution >= 0.6 is 0 Å². The molecule has 0 fully saturated rings. The van der Waals surface area contributed by atoms with Gasteiger partial charge in [0.15, 0.2) is 0 Å². The summed E-state index contributed by atoms with van der Waals surface area (Å²) in [6, 6.07) is 3.19. The zero-order valence-electron chi connectivity index (χ0n) is 22.7. The van der Waals surface area contributed by atoms with Crippen molar-refractivity contribution >= 4 is 17.9 Å². The van der Waals surface area contributed by atoms with Crippen LogP contribution < -0.4 is 10.6 Å². The largest absolute Gasteiger partial charge is 0.508 e. The second-order valence-electron chi connectivity index (χ2n) is 10.5. The maximum Gasteiger partial charge on any atom is 0.408 e. The van der Waals surface area contributed by atoms with Crippen molar-refractivity contribution in [1.82, 2.24) is 15.5 Å². The standard InChI is InChI=1S/C27H45N3O5/c1-9-11-14-28-24(32)23(20-12-13-22(31)19(5)17-20)30(15-10-2)25(33)21(16-18(3)4)29-26(34)35-27(6,7)8/h12-13,17-18,21,23,31H,9-11,14-16H2,1-8H3,(H,28,32)(H,29,34). The number of hydrogen-bond acceptors (Lipinski definition) is 5. The molecule has 0 saturated carbocycles. The van der Waals surface area contributed by atoms with E-state index in [4.69, 9.17) is 4.74 Å². The van der Waals surface area contributed by atoms with E-state index in [1.165, 1.54) is 11.0 Å². The molecule has 0 saturated heterocycles. The number of carbonyl (C=O) groups excluding carboxylic acids is 3.